The molecule has 4 nitrogen and oxygen atoms in total. The number of ether oxygens (including phenoxy) is 2. The second kappa shape index (κ2) is 11.6. The van der Waals surface area contributed by atoms with Crippen molar-refractivity contribution in [2.45, 2.75) is 38.5 Å². The number of fused-ring (bicyclic) bond motifs is 1. The van der Waals surface area contributed by atoms with E-state index in [2.05, 4.69) is 29.2 Å². The molecule has 0 spiro atoms. The van der Waals surface area contributed by atoms with Crippen LogP contribution in [0.15, 0.2) is 78.4 Å². The molecule has 36 heavy (non-hydrogen) atoms. The summed E-state index contributed by atoms with van der Waals surface area (Å²) in [6, 6.07) is 24.0. The van der Waals surface area contributed by atoms with Crippen LogP contribution < -0.4 is 9.47 Å². The van der Waals surface area contributed by atoms with Gasteiger partial charge in [-0.1, -0.05) is 61.4 Å². The second-order valence-electron chi connectivity index (χ2n) is 9.70. The van der Waals surface area contributed by atoms with Gasteiger partial charge in [0.15, 0.2) is 5.78 Å². The SMILES string of the molecule is COc1ccc2c(c1)CCC(C(=O)c1ccccc1)=C2c1ccc(OCCN2CCCCCC2)cc1. The van der Waals surface area contributed by atoms with Crippen LogP contribution in [0.25, 0.3) is 5.57 Å². The Morgan fingerprint density at radius 3 is 2.28 bits per heavy atom. The van der Waals surface area contributed by atoms with E-state index in [1.807, 2.05) is 48.5 Å². The minimum atomic E-state index is 0.102. The summed E-state index contributed by atoms with van der Waals surface area (Å²) in [7, 11) is 1.69. The topological polar surface area (TPSA) is 38.8 Å². The molecule has 3 aromatic carbocycles. The predicted molar refractivity (Wildman–Crippen MR) is 145 cm³/mol. The number of aryl methyl sites for hydroxylation is 1. The molecule has 1 aliphatic carbocycles. The summed E-state index contributed by atoms with van der Waals surface area (Å²) in [5.41, 5.74) is 5.98. The number of benzene rings is 3. The third kappa shape index (κ3) is 5.55. The zero-order valence-electron chi connectivity index (χ0n) is 21.2. The minimum Gasteiger partial charge on any atom is -0.497 e. The molecule has 1 saturated heterocycles. The monoisotopic (exact) mass is 481 g/mol. The van der Waals surface area contributed by atoms with E-state index in [9.17, 15) is 4.79 Å². The molecule has 186 valence electrons. The molecular weight excluding hydrogens is 446 g/mol. The van der Waals surface area contributed by atoms with Crippen LogP contribution in [0.3, 0.4) is 0 Å². The molecule has 1 fully saturated rings. The first-order chi connectivity index (χ1) is 17.7. The lowest BCUT2D eigenvalue weighted by Crippen LogP contribution is -2.29. The number of nitrogens with zero attached hydrogens (tertiary/aromatic N) is 1. The van der Waals surface area contributed by atoms with Crippen molar-refractivity contribution in [3.05, 3.63) is 101 Å². The summed E-state index contributed by atoms with van der Waals surface area (Å²) in [6.45, 7) is 4.03. The Morgan fingerprint density at radius 1 is 0.833 bits per heavy atom. The van der Waals surface area contributed by atoms with Crippen molar-refractivity contribution < 1.29 is 14.3 Å². The number of methoxy groups -OCH3 is 1. The highest BCUT2D eigenvalue weighted by atomic mass is 16.5. The van der Waals surface area contributed by atoms with Crippen molar-refractivity contribution in [3.63, 3.8) is 0 Å². The van der Waals surface area contributed by atoms with Crippen LogP contribution in [-0.4, -0.2) is 44.0 Å². The molecule has 0 atom stereocenters. The maximum absolute atomic E-state index is 13.6. The first kappa shape index (κ1) is 24.3. The molecule has 0 saturated carbocycles. The Morgan fingerprint density at radius 2 is 1.56 bits per heavy atom. The number of carbonyl (C=O) groups is 1. The lowest BCUT2D eigenvalue weighted by atomic mass is 9.79. The van der Waals surface area contributed by atoms with Gasteiger partial charge in [-0.25, -0.2) is 0 Å². The van der Waals surface area contributed by atoms with E-state index in [1.54, 1.807) is 7.11 Å². The molecule has 3 aromatic rings. The Kier molecular flexibility index (Phi) is 7.82. The van der Waals surface area contributed by atoms with Crippen LogP contribution in [0.4, 0.5) is 0 Å². The number of allylic oxidation sites excluding steroid dienone is 1. The van der Waals surface area contributed by atoms with Crippen molar-refractivity contribution in [1.82, 2.24) is 4.90 Å². The molecule has 0 aromatic heterocycles. The molecule has 5 rings (SSSR count). The molecule has 0 amide bonds. The van der Waals surface area contributed by atoms with E-state index in [1.165, 1.54) is 44.3 Å². The number of hydrogen-bond acceptors (Lipinski definition) is 4. The van der Waals surface area contributed by atoms with Crippen LogP contribution in [-0.2, 0) is 6.42 Å². The Labute approximate surface area is 214 Å². The molecule has 4 heteroatoms. The van der Waals surface area contributed by atoms with Gasteiger partial charge in [0.1, 0.15) is 18.1 Å². The van der Waals surface area contributed by atoms with Crippen LogP contribution in [0.5, 0.6) is 11.5 Å². The van der Waals surface area contributed by atoms with Gasteiger partial charge < -0.3 is 9.47 Å². The smallest absolute Gasteiger partial charge is 0.189 e. The molecule has 2 aliphatic rings. The van der Waals surface area contributed by atoms with Gasteiger partial charge in [-0.2, -0.15) is 0 Å². The molecule has 1 heterocycles. The zero-order chi connectivity index (χ0) is 24.7. The molecular formula is C32H35NO3. The van der Waals surface area contributed by atoms with Gasteiger partial charge in [-0.3, -0.25) is 9.69 Å². The van der Waals surface area contributed by atoms with Gasteiger partial charge in [-0.05, 0) is 85.3 Å². The van der Waals surface area contributed by atoms with Crippen LogP contribution in [0.2, 0.25) is 0 Å². The van der Waals surface area contributed by atoms with E-state index < -0.39 is 0 Å². The van der Waals surface area contributed by atoms with E-state index >= 15 is 0 Å². The van der Waals surface area contributed by atoms with Gasteiger partial charge in [0.05, 0.1) is 7.11 Å². The number of hydrogen-bond donors (Lipinski definition) is 0. The highest BCUT2D eigenvalue weighted by Crippen LogP contribution is 2.39. The maximum Gasteiger partial charge on any atom is 0.189 e. The van der Waals surface area contributed by atoms with Crippen molar-refractivity contribution in [2.24, 2.45) is 0 Å². The Bertz CT molecular complexity index is 1210. The zero-order valence-corrected chi connectivity index (χ0v) is 21.2. The number of Topliss-reactive ketones (excluding diaryl/α,β-unsaturated/α-hetero) is 1. The van der Waals surface area contributed by atoms with Gasteiger partial charge in [0, 0.05) is 17.7 Å². The quantitative estimate of drug-likeness (QED) is 0.341. The summed E-state index contributed by atoms with van der Waals surface area (Å²) < 4.78 is 11.6. The fourth-order valence-electron chi connectivity index (χ4n) is 5.39. The first-order valence-corrected chi connectivity index (χ1v) is 13.2. The molecule has 0 radical (unpaired) electrons. The highest BCUT2D eigenvalue weighted by Gasteiger charge is 2.26. The van der Waals surface area contributed by atoms with Gasteiger partial charge >= 0.3 is 0 Å². The van der Waals surface area contributed by atoms with E-state index in [-0.39, 0.29) is 5.78 Å². The Balaban J connectivity index is 1.40. The molecule has 0 bridgehead atoms. The number of ketones is 1. The number of rotatable bonds is 8. The van der Waals surface area contributed by atoms with Crippen LogP contribution in [0, 0.1) is 0 Å². The summed E-state index contributed by atoms with van der Waals surface area (Å²) in [5, 5.41) is 0. The van der Waals surface area contributed by atoms with Crippen molar-refractivity contribution in [1.29, 1.82) is 0 Å². The van der Waals surface area contributed by atoms with Gasteiger partial charge in [-0.15, -0.1) is 0 Å². The molecule has 0 N–H and O–H groups in total. The lowest BCUT2D eigenvalue weighted by Gasteiger charge is -2.24. The standard InChI is InChI=1S/C32H35NO3/c1-35-28-16-18-29-26(23-28)13-17-30(32(34)25-9-5-4-6-10-25)31(29)24-11-14-27(15-12-24)36-22-21-33-19-7-2-3-8-20-33/h4-6,9-12,14-16,18,23H,2-3,7-8,13,17,19-22H2,1H3. The van der Waals surface area contributed by atoms with Gasteiger partial charge in [0.25, 0.3) is 0 Å². The average Bonchev–Trinajstić information content (AvgIpc) is 3.21. The first-order valence-electron chi connectivity index (χ1n) is 13.2. The number of carbonyl (C=O) groups excluding carboxylic acids is 1. The predicted octanol–water partition coefficient (Wildman–Crippen LogP) is 6.58. The molecule has 1 aliphatic heterocycles. The summed E-state index contributed by atoms with van der Waals surface area (Å²) in [6.07, 6.45) is 6.81. The third-order valence-electron chi connectivity index (χ3n) is 7.36. The highest BCUT2D eigenvalue weighted by molar-refractivity contribution is 6.15. The van der Waals surface area contributed by atoms with Crippen LogP contribution in [0.1, 0.15) is 59.2 Å². The van der Waals surface area contributed by atoms with Crippen LogP contribution >= 0.6 is 0 Å². The Hall–Kier alpha value is -3.37. The normalized spacial score (nSPS) is 16.2. The third-order valence-corrected chi connectivity index (χ3v) is 7.36. The molecule has 0 unspecified atom stereocenters. The van der Waals surface area contributed by atoms with E-state index in [0.29, 0.717) is 13.0 Å². The fourth-order valence-corrected chi connectivity index (χ4v) is 5.39. The van der Waals surface area contributed by atoms with E-state index in [4.69, 9.17) is 9.47 Å². The minimum absolute atomic E-state index is 0.102. The van der Waals surface area contributed by atoms with Crippen molar-refractivity contribution in [3.8, 4) is 11.5 Å². The summed E-state index contributed by atoms with van der Waals surface area (Å²) in [4.78, 5) is 16.1. The van der Waals surface area contributed by atoms with Crippen molar-refractivity contribution in [2.75, 3.05) is 33.4 Å². The van der Waals surface area contributed by atoms with E-state index in [0.717, 1.165) is 52.3 Å². The second-order valence-corrected chi connectivity index (χ2v) is 9.70. The fraction of sp³-hybridized carbons (Fsp3) is 0.344. The number of likely N-dealkylation sites (tertiary alicyclic amines) is 1. The maximum atomic E-state index is 13.6. The largest absolute Gasteiger partial charge is 0.497 e. The van der Waals surface area contributed by atoms with Gasteiger partial charge in [0.2, 0.25) is 0 Å². The summed E-state index contributed by atoms with van der Waals surface area (Å²) in [5.74, 6) is 1.82. The lowest BCUT2D eigenvalue weighted by molar-refractivity contribution is 0.103. The average molecular weight is 482 g/mol. The van der Waals surface area contributed by atoms with Crippen molar-refractivity contribution >= 4 is 11.4 Å². The summed E-state index contributed by atoms with van der Waals surface area (Å²) >= 11 is 0.